The number of nitrogens with one attached hydrogen (secondary N) is 1. The number of hydrogen-bond acceptors (Lipinski definition) is 2. The number of alkyl halides is 6. The van der Waals surface area contributed by atoms with E-state index in [1.165, 1.54) is 6.07 Å². The van der Waals surface area contributed by atoms with Crippen molar-refractivity contribution in [2.75, 3.05) is 25.1 Å². The molecule has 0 spiro atoms. The smallest absolute Gasteiger partial charge is 0.385 e. The van der Waals surface area contributed by atoms with E-state index in [4.69, 9.17) is 11.6 Å². The van der Waals surface area contributed by atoms with Crippen LogP contribution in [-0.2, 0) is 10.9 Å². The van der Waals surface area contributed by atoms with Crippen LogP contribution >= 0.6 is 11.6 Å². The first-order chi connectivity index (χ1) is 9.59. The first-order valence-electron chi connectivity index (χ1n) is 5.85. The van der Waals surface area contributed by atoms with E-state index in [1.807, 2.05) is 0 Å². The van der Waals surface area contributed by atoms with Gasteiger partial charge in [0.1, 0.15) is 6.61 Å². The number of hydrogen-bond donors (Lipinski definition) is 1. The number of rotatable bonds is 6. The molecule has 0 saturated carbocycles. The summed E-state index contributed by atoms with van der Waals surface area (Å²) in [7, 11) is 0. The highest BCUT2D eigenvalue weighted by Crippen LogP contribution is 2.36. The van der Waals surface area contributed by atoms with Crippen LogP contribution < -0.4 is 5.32 Å². The molecule has 0 radical (unpaired) electrons. The molecule has 0 aliphatic carbocycles. The van der Waals surface area contributed by atoms with Crippen molar-refractivity contribution in [1.29, 1.82) is 0 Å². The summed E-state index contributed by atoms with van der Waals surface area (Å²) in [6.07, 6.45) is -8.73. The molecule has 120 valence electrons. The standard InChI is InChI=1S/C12H12ClF6NO/c13-10-3-2-8(6-9(10)12(17,18)19)20-4-1-5-21-7-11(14,15)16/h2-3,6,20H,1,4-5,7H2. The van der Waals surface area contributed by atoms with Crippen molar-refractivity contribution < 1.29 is 31.1 Å². The second-order valence-electron chi connectivity index (χ2n) is 4.14. The zero-order valence-corrected chi connectivity index (χ0v) is 11.4. The Bertz CT molecular complexity index is 460. The molecule has 1 rings (SSSR count). The monoisotopic (exact) mass is 335 g/mol. The fraction of sp³-hybridized carbons (Fsp3) is 0.500. The second-order valence-corrected chi connectivity index (χ2v) is 4.55. The lowest BCUT2D eigenvalue weighted by Gasteiger charge is -2.12. The molecule has 0 fully saturated rings. The normalized spacial score (nSPS) is 12.5. The van der Waals surface area contributed by atoms with E-state index in [0.29, 0.717) is 0 Å². The Kier molecular flexibility index (Phi) is 6.15. The molecule has 0 aliphatic rings. The predicted octanol–water partition coefficient (Wildman–Crippen LogP) is 4.74. The van der Waals surface area contributed by atoms with Crippen LogP contribution in [-0.4, -0.2) is 25.9 Å². The lowest BCUT2D eigenvalue weighted by Crippen LogP contribution is -2.18. The van der Waals surface area contributed by atoms with Gasteiger partial charge in [0, 0.05) is 18.8 Å². The Morgan fingerprint density at radius 1 is 1.10 bits per heavy atom. The maximum absolute atomic E-state index is 12.6. The Morgan fingerprint density at radius 2 is 1.76 bits per heavy atom. The van der Waals surface area contributed by atoms with Gasteiger partial charge in [-0.1, -0.05) is 11.6 Å². The predicted molar refractivity (Wildman–Crippen MR) is 66.4 cm³/mol. The van der Waals surface area contributed by atoms with Gasteiger partial charge in [-0.3, -0.25) is 0 Å². The molecule has 1 N–H and O–H groups in total. The van der Waals surface area contributed by atoms with Crippen molar-refractivity contribution in [1.82, 2.24) is 0 Å². The van der Waals surface area contributed by atoms with E-state index in [0.717, 1.165) is 12.1 Å². The molecule has 2 nitrogen and oxygen atoms in total. The molecule has 0 bridgehead atoms. The van der Waals surface area contributed by atoms with Crippen LogP contribution in [0.1, 0.15) is 12.0 Å². The zero-order valence-electron chi connectivity index (χ0n) is 10.6. The van der Waals surface area contributed by atoms with Crippen molar-refractivity contribution in [2.45, 2.75) is 18.8 Å². The van der Waals surface area contributed by atoms with Crippen LogP contribution in [0.5, 0.6) is 0 Å². The minimum atomic E-state index is -4.56. The van der Waals surface area contributed by atoms with E-state index in [-0.39, 0.29) is 25.3 Å². The molecule has 1 aromatic rings. The maximum Gasteiger partial charge on any atom is 0.417 e. The summed E-state index contributed by atoms with van der Waals surface area (Å²) in [4.78, 5) is 0. The lowest BCUT2D eigenvalue weighted by molar-refractivity contribution is -0.173. The van der Waals surface area contributed by atoms with Gasteiger partial charge >= 0.3 is 12.4 Å². The summed E-state index contributed by atoms with van der Waals surface area (Å²) in [5.41, 5.74) is -0.787. The quantitative estimate of drug-likeness (QED) is 0.599. The van der Waals surface area contributed by atoms with Gasteiger partial charge in [-0.2, -0.15) is 26.3 Å². The van der Waals surface area contributed by atoms with Crippen molar-refractivity contribution in [2.24, 2.45) is 0 Å². The van der Waals surface area contributed by atoms with E-state index in [9.17, 15) is 26.3 Å². The third-order valence-corrected chi connectivity index (χ3v) is 2.66. The SMILES string of the molecule is FC(F)(F)COCCCNc1ccc(Cl)c(C(F)(F)F)c1. The molecule has 0 heterocycles. The Balaban J connectivity index is 2.40. The molecule has 1 aromatic carbocycles. The highest BCUT2D eigenvalue weighted by atomic mass is 35.5. The second kappa shape index (κ2) is 7.22. The van der Waals surface area contributed by atoms with Crippen LogP contribution in [0.25, 0.3) is 0 Å². The van der Waals surface area contributed by atoms with Crippen LogP contribution in [0.2, 0.25) is 5.02 Å². The minimum Gasteiger partial charge on any atom is -0.385 e. The van der Waals surface area contributed by atoms with Gasteiger partial charge in [-0.15, -0.1) is 0 Å². The van der Waals surface area contributed by atoms with Crippen LogP contribution in [0, 0.1) is 0 Å². The topological polar surface area (TPSA) is 21.3 Å². The summed E-state index contributed by atoms with van der Waals surface area (Å²) in [6.45, 7) is -1.31. The third kappa shape index (κ3) is 6.90. The van der Waals surface area contributed by atoms with E-state index in [2.05, 4.69) is 10.1 Å². The highest BCUT2D eigenvalue weighted by molar-refractivity contribution is 6.31. The van der Waals surface area contributed by atoms with Gasteiger partial charge < -0.3 is 10.1 Å². The van der Waals surface area contributed by atoms with Crippen molar-refractivity contribution in [3.63, 3.8) is 0 Å². The maximum atomic E-state index is 12.6. The fourth-order valence-electron chi connectivity index (χ4n) is 1.45. The van der Waals surface area contributed by atoms with Gasteiger partial charge in [0.05, 0.1) is 10.6 Å². The molecular weight excluding hydrogens is 324 g/mol. The van der Waals surface area contributed by atoms with Crippen LogP contribution in [0.3, 0.4) is 0 Å². The molecular formula is C12H12ClF6NO. The molecule has 0 aliphatic heterocycles. The third-order valence-electron chi connectivity index (χ3n) is 2.33. The van der Waals surface area contributed by atoms with E-state index < -0.39 is 29.5 Å². The summed E-state index contributed by atoms with van der Waals surface area (Å²) in [6, 6.07) is 3.31. The molecule has 0 saturated heterocycles. The largest absolute Gasteiger partial charge is 0.417 e. The zero-order chi connectivity index (χ0) is 16.1. The molecule has 21 heavy (non-hydrogen) atoms. The number of anilines is 1. The summed E-state index contributed by atoms with van der Waals surface area (Å²) in [5.74, 6) is 0. The van der Waals surface area contributed by atoms with E-state index in [1.54, 1.807) is 0 Å². The van der Waals surface area contributed by atoms with E-state index >= 15 is 0 Å². The van der Waals surface area contributed by atoms with Crippen LogP contribution in [0.4, 0.5) is 32.0 Å². The average molecular weight is 336 g/mol. The average Bonchev–Trinajstić information content (AvgIpc) is 2.32. The van der Waals surface area contributed by atoms with Gasteiger partial charge in [0.2, 0.25) is 0 Å². The Labute approximate surface area is 122 Å². The Hall–Kier alpha value is -1.15. The summed E-state index contributed by atoms with van der Waals surface area (Å²) >= 11 is 5.45. The van der Waals surface area contributed by atoms with Gasteiger partial charge in [0.25, 0.3) is 0 Å². The molecule has 0 unspecified atom stereocenters. The first kappa shape index (κ1) is 17.9. The van der Waals surface area contributed by atoms with Gasteiger partial charge in [-0.25, -0.2) is 0 Å². The molecule has 0 aromatic heterocycles. The highest BCUT2D eigenvalue weighted by Gasteiger charge is 2.33. The number of benzene rings is 1. The van der Waals surface area contributed by atoms with Crippen molar-refractivity contribution >= 4 is 17.3 Å². The van der Waals surface area contributed by atoms with Crippen molar-refractivity contribution in [3.8, 4) is 0 Å². The fourth-order valence-corrected chi connectivity index (χ4v) is 1.67. The van der Waals surface area contributed by atoms with Crippen molar-refractivity contribution in [3.05, 3.63) is 28.8 Å². The van der Waals surface area contributed by atoms with Gasteiger partial charge in [0.15, 0.2) is 0 Å². The van der Waals surface area contributed by atoms with Crippen LogP contribution in [0.15, 0.2) is 18.2 Å². The molecule has 9 heteroatoms. The Morgan fingerprint density at radius 3 is 2.33 bits per heavy atom. The number of ether oxygens (including phenoxy) is 1. The summed E-state index contributed by atoms with van der Waals surface area (Å²) in [5, 5.41) is 2.25. The number of halogens is 7. The van der Waals surface area contributed by atoms with Gasteiger partial charge in [-0.05, 0) is 24.6 Å². The minimum absolute atomic E-state index is 0.147. The summed E-state index contributed by atoms with van der Waals surface area (Å²) < 4.78 is 77.4. The lowest BCUT2D eigenvalue weighted by atomic mass is 10.2. The molecule has 0 atom stereocenters. The first-order valence-corrected chi connectivity index (χ1v) is 6.22. The molecule has 0 amide bonds.